The van der Waals surface area contributed by atoms with Crippen molar-refractivity contribution in [2.75, 3.05) is 17.1 Å². The van der Waals surface area contributed by atoms with Crippen LogP contribution in [0.4, 0.5) is 5.69 Å². The Kier molecular flexibility index (Phi) is 6.90. The molecule has 0 saturated heterocycles. The minimum absolute atomic E-state index is 0.309. The fourth-order valence-corrected chi connectivity index (χ4v) is 4.32. The van der Waals surface area contributed by atoms with Crippen molar-refractivity contribution in [3.8, 4) is 0 Å². The van der Waals surface area contributed by atoms with Crippen LogP contribution in [0.15, 0.2) is 35.9 Å². The SMILES string of the molecule is CC(C(=O)NCCC1=CCCCC1)N(c1ccc(Cl)cc1)S(C)(=O)=O. The van der Waals surface area contributed by atoms with E-state index in [0.29, 0.717) is 17.3 Å². The molecule has 5 nitrogen and oxygen atoms in total. The number of rotatable bonds is 7. The van der Waals surface area contributed by atoms with Gasteiger partial charge >= 0.3 is 0 Å². The molecule has 138 valence electrons. The van der Waals surface area contributed by atoms with Crippen LogP contribution in [0.2, 0.25) is 5.02 Å². The highest BCUT2D eigenvalue weighted by Gasteiger charge is 2.28. The summed E-state index contributed by atoms with van der Waals surface area (Å²) in [5.74, 6) is -0.309. The lowest BCUT2D eigenvalue weighted by Gasteiger charge is -2.28. The van der Waals surface area contributed by atoms with E-state index < -0.39 is 16.1 Å². The smallest absolute Gasteiger partial charge is 0.243 e. The molecule has 0 aromatic heterocycles. The van der Waals surface area contributed by atoms with Crippen molar-refractivity contribution in [1.29, 1.82) is 0 Å². The first-order chi connectivity index (χ1) is 11.8. The van der Waals surface area contributed by atoms with Crippen molar-refractivity contribution in [3.63, 3.8) is 0 Å². The Morgan fingerprint density at radius 3 is 2.52 bits per heavy atom. The topological polar surface area (TPSA) is 66.5 Å². The summed E-state index contributed by atoms with van der Waals surface area (Å²) in [5.41, 5.74) is 1.79. The largest absolute Gasteiger partial charge is 0.354 e. The van der Waals surface area contributed by atoms with Crippen LogP contribution in [0.25, 0.3) is 0 Å². The Labute approximate surface area is 155 Å². The molecular weight excluding hydrogens is 360 g/mol. The summed E-state index contributed by atoms with van der Waals surface area (Å²) in [7, 11) is -3.60. The molecule has 1 amide bonds. The van der Waals surface area contributed by atoms with E-state index in [9.17, 15) is 13.2 Å². The summed E-state index contributed by atoms with van der Waals surface area (Å²) in [6.45, 7) is 2.11. The van der Waals surface area contributed by atoms with Crippen LogP contribution in [0.3, 0.4) is 0 Å². The average molecular weight is 385 g/mol. The lowest BCUT2D eigenvalue weighted by molar-refractivity contribution is -0.121. The predicted molar refractivity (Wildman–Crippen MR) is 102 cm³/mol. The van der Waals surface area contributed by atoms with Crippen LogP contribution in [-0.4, -0.2) is 33.2 Å². The molecule has 1 aromatic rings. The molecule has 1 N–H and O–H groups in total. The molecule has 1 aliphatic carbocycles. The highest BCUT2D eigenvalue weighted by atomic mass is 35.5. The van der Waals surface area contributed by atoms with E-state index in [1.807, 2.05) is 0 Å². The minimum atomic E-state index is -3.60. The third-order valence-electron chi connectivity index (χ3n) is 4.30. The molecule has 25 heavy (non-hydrogen) atoms. The Bertz CT molecular complexity index is 729. The number of sulfonamides is 1. The van der Waals surface area contributed by atoms with Gasteiger partial charge in [-0.05, 0) is 63.3 Å². The molecule has 0 saturated carbocycles. The van der Waals surface area contributed by atoms with Gasteiger partial charge in [-0.15, -0.1) is 0 Å². The van der Waals surface area contributed by atoms with Crippen molar-refractivity contribution in [3.05, 3.63) is 40.9 Å². The maximum Gasteiger partial charge on any atom is 0.243 e. The van der Waals surface area contributed by atoms with Crippen molar-refractivity contribution in [2.45, 2.75) is 45.1 Å². The van der Waals surface area contributed by atoms with Gasteiger partial charge in [0.1, 0.15) is 6.04 Å². The highest BCUT2D eigenvalue weighted by Crippen LogP contribution is 2.23. The molecule has 1 aromatic carbocycles. The van der Waals surface area contributed by atoms with E-state index in [1.54, 1.807) is 31.2 Å². The first-order valence-electron chi connectivity index (χ1n) is 8.49. The van der Waals surface area contributed by atoms with Gasteiger partial charge in [0.05, 0.1) is 11.9 Å². The predicted octanol–water partition coefficient (Wildman–Crippen LogP) is 3.50. The van der Waals surface area contributed by atoms with Gasteiger partial charge in [0.15, 0.2) is 0 Å². The van der Waals surface area contributed by atoms with Gasteiger partial charge in [-0.2, -0.15) is 0 Å². The van der Waals surface area contributed by atoms with Gasteiger partial charge in [0.25, 0.3) is 0 Å². The van der Waals surface area contributed by atoms with Crippen molar-refractivity contribution < 1.29 is 13.2 Å². The monoisotopic (exact) mass is 384 g/mol. The molecule has 0 heterocycles. The number of carbonyl (C=O) groups excluding carboxylic acids is 1. The summed E-state index contributed by atoms with van der Waals surface area (Å²) < 4.78 is 25.5. The minimum Gasteiger partial charge on any atom is -0.354 e. The highest BCUT2D eigenvalue weighted by molar-refractivity contribution is 7.92. The van der Waals surface area contributed by atoms with E-state index in [-0.39, 0.29) is 5.91 Å². The Hall–Kier alpha value is -1.53. The van der Waals surface area contributed by atoms with Crippen LogP contribution < -0.4 is 9.62 Å². The molecule has 0 fully saturated rings. The third-order valence-corrected chi connectivity index (χ3v) is 5.79. The van der Waals surface area contributed by atoms with Crippen LogP contribution >= 0.6 is 11.6 Å². The zero-order valence-electron chi connectivity index (χ0n) is 14.7. The summed E-state index contributed by atoms with van der Waals surface area (Å²) in [6, 6.07) is 5.57. The van der Waals surface area contributed by atoms with Crippen LogP contribution in [0.1, 0.15) is 39.0 Å². The second-order valence-electron chi connectivity index (χ2n) is 6.36. The average Bonchev–Trinajstić information content (AvgIpc) is 2.56. The maximum absolute atomic E-state index is 12.5. The number of hydrogen-bond acceptors (Lipinski definition) is 3. The lowest BCUT2D eigenvalue weighted by Crippen LogP contribution is -2.48. The van der Waals surface area contributed by atoms with E-state index in [1.165, 1.54) is 18.4 Å². The number of nitrogens with zero attached hydrogens (tertiary/aromatic N) is 1. The summed E-state index contributed by atoms with van der Waals surface area (Å²) >= 11 is 5.86. The first-order valence-corrected chi connectivity index (χ1v) is 10.7. The molecule has 0 spiro atoms. The second kappa shape index (κ2) is 8.72. The van der Waals surface area contributed by atoms with Crippen molar-refractivity contribution >= 4 is 33.2 Å². The standard InChI is InChI=1S/C18H25ClN2O3S/c1-14(18(22)20-13-12-15-6-4-3-5-7-15)21(25(2,23)24)17-10-8-16(19)9-11-17/h6,8-11,14H,3-5,7,12-13H2,1-2H3,(H,20,22). The van der Waals surface area contributed by atoms with Gasteiger partial charge in [0, 0.05) is 11.6 Å². The van der Waals surface area contributed by atoms with Gasteiger partial charge in [-0.1, -0.05) is 23.3 Å². The summed E-state index contributed by atoms with van der Waals surface area (Å²) in [5, 5.41) is 3.36. The summed E-state index contributed by atoms with van der Waals surface area (Å²) in [4.78, 5) is 12.5. The van der Waals surface area contributed by atoms with Crippen molar-refractivity contribution in [1.82, 2.24) is 5.32 Å². The van der Waals surface area contributed by atoms with E-state index >= 15 is 0 Å². The number of benzene rings is 1. The van der Waals surface area contributed by atoms with Crippen LogP contribution in [0, 0.1) is 0 Å². The Morgan fingerprint density at radius 1 is 1.28 bits per heavy atom. The Balaban J connectivity index is 2.02. The number of hydrogen-bond donors (Lipinski definition) is 1. The first kappa shape index (κ1) is 19.8. The number of allylic oxidation sites excluding steroid dienone is 1. The van der Waals surface area contributed by atoms with Crippen LogP contribution in [0.5, 0.6) is 0 Å². The van der Waals surface area contributed by atoms with E-state index in [4.69, 9.17) is 11.6 Å². The summed E-state index contributed by atoms with van der Waals surface area (Å²) in [6.07, 6.45) is 8.79. The molecule has 1 atom stereocenters. The second-order valence-corrected chi connectivity index (χ2v) is 8.66. The van der Waals surface area contributed by atoms with E-state index in [2.05, 4.69) is 11.4 Å². The molecule has 2 rings (SSSR count). The zero-order chi connectivity index (χ0) is 18.4. The molecule has 0 radical (unpaired) electrons. The van der Waals surface area contributed by atoms with Gasteiger partial charge in [-0.25, -0.2) is 8.42 Å². The van der Waals surface area contributed by atoms with Gasteiger partial charge in [-0.3, -0.25) is 9.10 Å². The fourth-order valence-electron chi connectivity index (χ4n) is 3.02. The number of nitrogens with one attached hydrogen (secondary N) is 1. The quantitative estimate of drug-likeness (QED) is 0.731. The molecule has 1 aliphatic rings. The Morgan fingerprint density at radius 2 is 1.96 bits per heavy atom. The molecule has 0 aliphatic heterocycles. The molecule has 0 bridgehead atoms. The lowest BCUT2D eigenvalue weighted by atomic mass is 9.97. The van der Waals surface area contributed by atoms with Crippen molar-refractivity contribution in [2.24, 2.45) is 0 Å². The van der Waals surface area contributed by atoms with Gasteiger partial charge < -0.3 is 5.32 Å². The zero-order valence-corrected chi connectivity index (χ0v) is 16.2. The van der Waals surface area contributed by atoms with Crippen LogP contribution in [-0.2, 0) is 14.8 Å². The fraction of sp³-hybridized carbons (Fsp3) is 0.500. The molecule has 7 heteroatoms. The maximum atomic E-state index is 12.5. The van der Waals surface area contributed by atoms with E-state index in [0.717, 1.165) is 29.8 Å². The van der Waals surface area contributed by atoms with Gasteiger partial charge in [0.2, 0.25) is 15.9 Å². The molecular formula is C18H25ClN2O3S. The number of carbonyl (C=O) groups is 1. The molecule has 1 unspecified atom stereocenters. The number of halogens is 1. The third kappa shape index (κ3) is 5.75. The number of anilines is 1. The number of amides is 1. The normalized spacial score (nSPS) is 16.0.